The van der Waals surface area contributed by atoms with E-state index in [1.165, 1.54) is 6.20 Å². The van der Waals surface area contributed by atoms with Crippen LogP contribution in [-0.2, 0) is 16.0 Å². The monoisotopic (exact) mass is 377 g/mol. The molecule has 144 valence electrons. The molecule has 0 aliphatic heterocycles. The Balaban J connectivity index is 1.69. The minimum atomic E-state index is -0.392. The Hall–Kier alpha value is -3.41. The number of carbonyl (C=O) groups excluding carboxylic acids is 2. The average molecular weight is 377 g/mol. The highest BCUT2D eigenvalue weighted by Gasteiger charge is 2.16. The van der Waals surface area contributed by atoms with Gasteiger partial charge in [0.1, 0.15) is 5.56 Å². The van der Waals surface area contributed by atoms with E-state index < -0.39 is 5.97 Å². The number of hydrogen-bond acceptors (Lipinski definition) is 4. The van der Waals surface area contributed by atoms with Crippen molar-refractivity contribution in [1.29, 1.82) is 0 Å². The van der Waals surface area contributed by atoms with Gasteiger partial charge in [-0.3, -0.25) is 4.79 Å². The van der Waals surface area contributed by atoms with Gasteiger partial charge in [0.05, 0.1) is 24.2 Å². The zero-order valence-electron chi connectivity index (χ0n) is 16.0. The van der Waals surface area contributed by atoms with Crippen molar-refractivity contribution in [3.8, 4) is 5.69 Å². The molecule has 0 spiro atoms. The highest BCUT2D eigenvalue weighted by Crippen LogP contribution is 2.19. The van der Waals surface area contributed by atoms with E-state index in [4.69, 9.17) is 4.74 Å². The van der Waals surface area contributed by atoms with E-state index in [1.54, 1.807) is 11.6 Å². The number of carbonyl (C=O) groups is 2. The summed E-state index contributed by atoms with van der Waals surface area (Å²) < 4.78 is 6.71. The molecule has 2 aromatic carbocycles. The van der Waals surface area contributed by atoms with Crippen molar-refractivity contribution < 1.29 is 14.3 Å². The highest BCUT2D eigenvalue weighted by molar-refractivity contribution is 5.91. The van der Waals surface area contributed by atoms with Gasteiger partial charge in [0.25, 0.3) is 0 Å². The summed E-state index contributed by atoms with van der Waals surface area (Å²) >= 11 is 0. The molecule has 3 aromatic rings. The Kier molecular flexibility index (Phi) is 6.22. The Bertz CT molecular complexity index is 964. The van der Waals surface area contributed by atoms with Crippen LogP contribution in [0.2, 0.25) is 0 Å². The van der Waals surface area contributed by atoms with Crippen LogP contribution in [0.1, 0.15) is 35.0 Å². The summed E-state index contributed by atoms with van der Waals surface area (Å²) in [6, 6.07) is 17.3. The quantitative estimate of drug-likeness (QED) is 0.633. The molecule has 0 saturated heterocycles. The van der Waals surface area contributed by atoms with E-state index in [9.17, 15) is 9.59 Å². The molecule has 0 fully saturated rings. The third-order valence-electron chi connectivity index (χ3n) is 4.36. The van der Waals surface area contributed by atoms with Crippen LogP contribution in [0.3, 0.4) is 0 Å². The molecule has 0 aliphatic carbocycles. The minimum absolute atomic E-state index is 0.0506. The Morgan fingerprint density at radius 1 is 1.11 bits per heavy atom. The summed E-state index contributed by atoms with van der Waals surface area (Å²) in [5, 5.41) is 7.21. The maximum Gasteiger partial charge on any atom is 0.341 e. The normalized spacial score (nSPS) is 10.5. The van der Waals surface area contributed by atoms with Crippen molar-refractivity contribution in [1.82, 2.24) is 9.78 Å². The molecule has 1 amide bonds. The molecule has 1 heterocycles. The Morgan fingerprint density at radius 2 is 1.89 bits per heavy atom. The summed E-state index contributed by atoms with van der Waals surface area (Å²) in [7, 11) is 0. The first-order chi connectivity index (χ1) is 13.6. The number of nitrogens with one attached hydrogen (secondary N) is 1. The van der Waals surface area contributed by atoms with Crippen LogP contribution >= 0.6 is 0 Å². The topological polar surface area (TPSA) is 73.2 Å². The van der Waals surface area contributed by atoms with Crippen molar-refractivity contribution in [2.45, 2.75) is 26.7 Å². The maximum absolute atomic E-state index is 12.3. The smallest absolute Gasteiger partial charge is 0.341 e. The average Bonchev–Trinajstić information content (AvgIpc) is 3.09. The molecular formula is C22H23N3O3. The fourth-order valence-corrected chi connectivity index (χ4v) is 2.92. The van der Waals surface area contributed by atoms with Gasteiger partial charge in [-0.15, -0.1) is 0 Å². The number of aryl methyl sites for hydroxylation is 1. The summed E-state index contributed by atoms with van der Waals surface area (Å²) in [5.74, 6) is -0.443. The fraction of sp³-hybridized carbons (Fsp3) is 0.227. The van der Waals surface area contributed by atoms with Crippen LogP contribution in [0.5, 0.6) is 0 Å². The molecule has 0 unspecified atom stereocenters. The number of rotatable bonds is 7. The maximum atomic E-state index is 12.3. The molecule has 28 heavy (non-hydrogen) atoms. The molecule has 1 aromatic heterocycles. The molecule has 1 N–H and O–H groups in total. The number of anilines is 1. The van der Waals surface area contributed by atoms with Crippen molar-refractivity contribution >= 4 is 17.6 Å². The second-order valence-corrected chi connectivity index (χ2v) is 6.36. The van der Waals surface area contributed by atoms with Crippen LogP contribution in [0.4, 0.5) is 5.69 Å². The van der Waals surface area contributed by atoms with Crippen molar-refractivity contribution in [3.05, 3.63) is 77.6 Å². The Morgan fingerprint density at radius 3 is 2.64 bits per heavy atom. The fourth-order valence-electron chi connectivity index (χ4n) is 2.92. The first-order valence-electron chi connectivity index (χ1n) is 9.24. The van der Waals surface area contributed by atoms with Gasteiger partial charge in [-0.2, -0.15) is 5.10 Å². The van der Waals surface area contributed by atoms with Crippen LogP contribution in [0, 0.1) is 6.92 Å². The number of hydrogen-bond donors (Lipinski definition) is 1. The van der Waals surface area contributed by atoms with Gasteiger partial charge >= 0.3 is 5.97 Å². The lowest BCUT2D eigenvalue weighted by molar-refractivity contribution is -0.116. The minimum Gasteiger partial charge on any atom is -0.462 e. The van der Waals surface area contributed by atoms with Crippen molar-refractivity contribution in [2.75, 3.05) is 11.9 Å². The number of nitrogens with zero attached hydrogens (tertiary/aromatic N) is 2. The van der Waals surface area contributed by atoms with E-state index in [1.807, 2.05) is 61.5 Å². The summed E-state index contributed by atoms with van der Waals surface area (Å²) in [5.41, 5.74) is 3.69. The van der Waals surface area contributed by atoms with Gasteiger partial charge in [0.2, 0.25) is 5.91 Å². The predicted molar refractivity (Wildman–Crippen MR) is 108 cm³/mol. The van der Waals surface area contributed by atoms with Gasteiger partial charge in [-0.05, 0) is 44.0 Å². The van der Waals surface area contributed by atoms with E-state index in [-0.39, 0.29) is 5.91 Å². The first kappa shape index (κ1) is 19.4. The third kappa shape index (κ3) is 4.65. The van der Waals surface area contributed by atoms with Crippen LogP contribution in [0.15, 0.2) is 60.8 Å². The van der Waals surface area contributed by atoms with Gasteiger partial charge in [-0.25, -0.2) is 9.48 Å². The molecule has 0 radical (unpaired) electrons. The number of ether oxygens (including phenoxy) is 1. The van der Waals surface area contributed by atoms with Crippen LogP contribution in [0.25, 0.3) is 5.69 Å². The third-order valence-corrected chi connectivity index (χ3v) is 4.36. The second-order valence-electron chi connectivity index (χ2n) is 6.36. The number of amides is 1. The number of benzene rings is 2. The summed E-state index contributed by atoms with van der Waals surface area (Å²) in [4.78, 5) is 24.3. The zero-order valence-corrected chi connectivity index (χ0v) is 16.0. The molecule has 3 rings (SSSR count). The van der Waals surface area contributed by atoms with Crippen LogP contribution in [-0.4, -0.2) is 28.3 Å². The predicted octanol–water partition coefficient (Wildman–Crippen LogP) is 3.93. The lowest BCUT2D eigenvalue weighted by atomic mass is 10.1. The lowest BCUT2D eigenvalue weighted by Crippen LogP contribution is -2.13. The van der Waals surface area contributed by atoms with Gasteiger partial charge in [0, 0.05) is 12.1 Å². The summed E-state index contributed by atoms with van der Waals surface area (Å²) in [6.45, 7) is 3.89. The number of aromatic nitrogens is 2. The van der Waals surface area contributed by atoms with Gasteiger partial charge < -0.3 is 10.1 Å². The number of esters is 1. The van der Waals surface area contributed by atoms with Gasteiger partial charge in [-0.1, -0.05) is 36.4 Å². The standard InChI is InChI=1S/C22H23N3O3/c1-3-28-22(27)20-15-23-25(16(20)2)19-11-7-10-18(14-19)24-21(26)13-12-17-8-5-4-6-9-17/h4-11,14-15H,3,12-13H2,1-2H3,(H,24,26). The molecule has 6 heteroatoms. The van der Waals surface area contributed by atoms with Gasteiger partial charge in [0.15, 0.2) is 0 Å². The summed E-state index contributed by atoms with van der Waals surface area (Å²) in [6.07, 6.45) is 2.59. The largest absolute Gasteiger partial charge is 0.462 e. The van der Waals surface area contributed by atoms with Crippen molar-refractivity contribution in [2.24, 2.45) is 0 Å². The molecule has 0 saturated carbocycles. The second kappa shape index (κ2) is 8.99. The Labute approximate surface area is 164 Å². The van der Waals surface area contributed by atoms with E-state index in [0.29, 0.717) is 36.4 Å². The first-order valence-corrected chi connectivity index (χ1v) is 9.24. The molecule has 0 bridgehead atoms. The van der Waals surface area contributed by atoms with Crippen LogP contribution < -0.4 is 5.32 Å². The van der Waals surface area contributed by atoms with E-state index in [0.717, 1.165) is 11.3 Å². The molecule has 6 nitrogen and oxygen atoms in total. The molecular weight excluding hydrogens is 354 g/mol. The SMILES string of the molecule is CCOC(=O)c1cnn(-c2cccc(NC(=O)CCc3ccccc3)c2)c1C. The highest BCUT2D eigenvalue weighted by atomic mass is 16.5. The lowest BCUT2D eigenvalue weighted by Gasteiger charge is -2.09. The molecule has 0 atom stereocenters. The zero-order chi connectivity index (χ0) is 19.9. The van der Waals surface area contributed by atoms with Crippen molar-refractivity contribution in [3.63, 3.8) is 0 Å². The molecule has 0 aliphatic rings. The van der Waals surface area contributed by atoms with E-state index >= 15 is 0 Å². The van der Waals surface area contributed by atoms with E-state index in [2.05, 4.69) is 10.4 Å².